The number of anilines is 1. The smallest absolute Gasteiger partial charge is 0.445 e. The monoisotopic (exact) mass is 770 g/mol. The van der Waals surface area contributed by atoms with Crippen molar-refractivity contribution in [2.45, 2.75) is 44.6 Å². The van der Waals surface area contributed by atoms with Crippen LogP contribution < -0.4 is 31.8 Å². The van der Waals surface area contributed by atoms with Crippen LogP contribution in [0.3, 0.4) is 0 Å². The Hall–Kier alpha value is -7.57. The molecule has 3 amide bonds. The maximum atomic E-state index is 13.7. The van der Waals surface area contributed by atoms with Gasteiger partial charge in [0.25, 0.3) is 11.6 Å². The fraction of sp³-hybridized carbons (Fsp3) is 0.216. The van der Waals surface area contributed by atoms with E-state index in [1.165, 1.54) is 36.4 Å². The van der Waals surface area contributed by atoms with Crippen LogP contribution in [0.5, 0.6) is 5.75 Å². The molecule has 0 aliphatic rings. The zero-order valence-electron chi connectivity index (χ0n) is 29.7. The molecule has 0 saturated carbocycles. The molecule has 292 valence electrons. The van der Waals surface area contributed by atoms with Crippen LogP contribution in [0.15, 0.2) is 114 Å². The van der Waals surface area contributed by atoms with Gasteiger partial charge >= 0.3 is 12.2 Å². The van der Waals surface area contributed by atoms with E-state index in [4.69, 9.17) is 19.9 Å². The minimum absolute atomic E-state index is 0.0200. The summed E-state index contributed by atoms with van der Waals surface area (Å²) in [6.45, 7) is -0.258. The van der Waals surface area contributed by atoms with E-state index in [9.17, 15) is 39.4 Å². The van der Waals surface area contributed by atoms with Crippen molar-refractivity contribution >= 4 is 41.4 Å². The third kappa shape index (κ3) is 14.5. The van der Waals surface area contributed by atoms with Crippen LogP contribution in [-0.4, -0.2) is 58.6 Å². The second-order valence-corrected chi connectivity index (χ2v) is 11.9. The Morgan fingerprint density at radius 1 is 0.714 bits per heavy atom. The molecule has 0 saturated heterocycles. The molecular weight excluding hydrogens is 732 g/mol. The summed E-state index contributed by atoms with van der Waals surface area (Å²) in [5, 5.41) is 28.6. The van der Waals surface area contributed by atoms with Crippen molar-refractivity contribution in [1.82, 2.24) is 16.1 Å². The molecule has 0 aliphatic heterocycles. The molecule has 0 spiro atoms. The summed E-state index contributed by atoms with van der Waals surface area (Å²) in [4.78, 5) is 77.0. The largest absolute Gasteiger partial charge is 0.514 e. The third-order valence-electron chi connectivity index (χ3n) is 7.70. The molecule has 56 heavy (non-hydrogen) atoms. The molecule has 4 aromatic carbocycles. The fourth-order valence-electron chi connectivity index (χ4n) is 4.95. The second-order valence-electron chi connectivity index (χ2n) is 11.9. The number of rotatable bonds is 18. The van der Waals surface area contributed by atoms with Gasteiger partial charge in [0, 0.05) is 30.8 Å². The van der Waals surface area contributed by atoms with Gasteiger partial charge in [-0.05, 0) is 53.8 Å². The van der Waals surface area contributed by atoms with Gasteiger partial charge in [-0.3, -0.25) is 19.7 Å². The van der Waals surface area contributed by atoms with Gasteiger partial charge in [0.05, 0.1) is 4.92 Å². The summed E-state index contributed by atoms with van der Waals surface area (Å²) in [6, 6.07) is 26.6. The van der Waals surface area contributed by atoms with Gasteiger partial charge < -0.3 is 35.9 Å². The number of nitrogens with one attached hydrogen (secondary N) is 4. The molecule has 0 aromatic heterocycles. The number of nitrogens with two attached hydrogens (primary N) is 1. The lowest BCUT2D eigenvalue weighted by atomic mass is 10.0. The Kier molecular flexibility index (Phi) is 15.6. The van der Waals surface area contributed by atoms with Gasteiger partial charge in [0.2, 0.25) is 11.8 Å². The molecule has 19 heteroatoms. The summed E-state index contributed by atoms with van der Waals surface area (Å²) in [5.41, 5.74) is 9.37. The van der Waals surface area contributed by atoms with Crippen molar-refractivity contribution in [3.05, 3.63) is 146 Å². The van der Waals surface area contributed by atoms with E-state index < -0.39 is 52.1 Å². The topological polar surface area (TPSA) is 269 Å². The zero-order valence-corrected chi connectivity index (χ0v) is 29.7. The summed E-state index contributed by atoms with van der Waals surface area (Å²) >= 11 is 0. The van der Waals surface area contributed by atoms with Crippen LogP contribution in [0.2, 0.25) is 0 Å². The number of aliphatic imine (C=N–C) groups is 1. The molecule has 4 rings (SSSR count). The molecule has 0 heterocycles. The molecule has 0 unspecified atom stereocenters. The molecule has 0 bridgehead atoms. The molecule has 2 atom stereocenters. The average Bonchev–Trinajstić information content (AvgIpc) is 3.18. The van der Waals surface area contributed by atoms with Crippen LogP contribution in [0.25, 0.3) is 0 Å². The van der Waals surface area contributed by atoms with Crippen LogP contribution >= 0.6 is 0 Å². The minimum atomic E-state index is -1.17. The van der Waals surface area contributed by atoms with Crippen LogP contribution in [0.1, 0.15) is 29.5 Å². The van der Waals surface area contributed by atoms with E-state index in [1.54, 1.807) is 72.2 Å². The fourth-order valence-corrected chi connectivity index (χ4v) is 4.95. The quantitative estimate of drug-likeness (QED) is 0.0181. The van der Waals surface area contributed by atoms with Gasteiger partial charge in [-0.1, -0.05) is 78.2 Å². The number of carbonyl (C=O) groups excluding carboxylic acids is 4. The van der Waals surface area contributed by atoms with E-state index in [0.29, 0.717) is 11.3 Å². The molecule has 0 fully saturated rings. The average molecular weight is 771 g/mol. The highest BCUT2D eigenvalue weighted by atomic mass is 16.7. The van der Waals surface area contributed by atoms with Crippen molar-refractivity contribution < 1.29 is 43.3 Å². The van der Waals surface area contributed by atoms with E-state index in [2.05, 4.69) is 20.9 Å². The molecular formula is C37H38N8O11. The first kappa shape index (κ1) is 41.2. The van der Waals surface area contributed by atoms with Gasteiger partial charge in [-0.2, -0.15) is 0 Å². The maximum absolute atomic E-state index is 13.7. The Morgan fingerprint density at radius 3 is 1.95 bits per heavy atom. The summed E-state index contributed by atoms with van der Waals surface area (Å²) in [5.74, 6) is -1.70. The van der Waals surface area contributed by atoms with E-state index in [1.807, 2.05) is 6.07 Å². The number of hydrogen-bond acceptors (Lipinski definition) is 12. The number of non-ortho nitro benzene ring substituents is 1. The van der Waals surface area contributed by atoms with Crippen LogP contribution in [-0.2, 0) is 38.7 Å². The highest BCUT2D eigenvalue weighted by Gasteiger charge is 2.28. The lowest BCUT2D eigenvalue weighted by Gasteiger charge is -2.23. The van der Waals surface area contributed by atoms with Gasteiger partial charge in [0.1, 0.15) is 31.0 Å². The highest BCUT2D eigenvalue weighted by molar-refractivity contribution is 5.98. The molecule has 0 radical (unpaired) electrons. The van der Waals surface area contributed by atoms with E-state index in [-0.39, 0.29) is 50.5 Å². The van der Waals surface area contributed by atoms with Gasteiger partial charge in [0.15, 0.2) is 5.03 Å². The standard InChI is InChI=1S/C37H38N8O11/c38-35(43-45(52)53)39-21-7-12-31(41-34(47)32(22-25-8-3-1-4-9-25)42-36(48)54-23-26-10-5-2-6-11-26)33(46)40-28-15-13-27(14-16-28)24-55-37(49)56-30-19-17-29(18-20-30)44(50)51/h1-6,8-11,13-20,31-32H,7,12,21-24H2,(H,40,46)(H,41,47)(H,42,48)(H3,38,39,43)/t31-,32-/m0/s1. The number of ether oxygens (including phenoxy) is 3. The zero-order chi connectivity index (χ0) is 40.3. The number of nitro groups is 2. The molecule has 0 aliphatic carbocycles. The number of carbonyl (C=O) groups is 4. The lowest BCUT2D eigenvalue weighted by molar-refractivity contribution is -0.525. The summed E-state index contributed by atoms with van der Waals surface area (Å²) < 4.78 is 15.5. The number of hydrogen-bond donors (Lipinski definition) is 5. The second kappa shape index (κ2) is 21.2. The third-order valence-corrected chi connectivity index (χ3v) is 7.70. The Morgan fingerprint density at radius 2 is 1.32 bits per heavy atom. The van der Waals surface area contributed by atoms with Crippen molar-refractivity contribution in [2.75, 3.05) is 11.9 Å². The van der Waals surface area contributed by atoms with E-state index in [0.717, 1.165) is 11.1 Å². The highest BCUT2D eigenvalue weighted by Crippen LogP contribution is 2.18. The minimum Gasteiger partial charge on any atom is -0.445 e. The lowest BCUT2D eigenvalue weighted by Crippen LogP contribution is -2.53. The number of nitrogens with zero attached hydrogens (tertiary/aromatic N) is 3. The first-order valence-electron chi connectivity index (χ1n) is 17.0. The number of nitro benzene ring substituents is 1. The predicted octanol–water partition coefficient (Wildman–Crippen LogP) is 4.15. The number of hydrazine groups is 1. The molecule has 19 nitrogen and oxygen atoms in total. The summed E-state index contributed by atoms with van der Waals surface area (Å²) in [6.07, 6.45) is -1.63. The first-order valence-corrected chi connectivity index (χ1v) is 17.0. The Balaban J connectivity index is 1.40. The Bertz CT molecular complexity index is 1980. The Labute approximate surface area is 319 Å². The van der Waals surface area contributed by atoms with Crippen molar-refractivity contribution in [1.29, 1.82) is 0 Å². The SMILES string of the molecule is NC(=NCCC[C@H](NC(=O)[C@H](Cc1ccccc1)NC(=O)OCc1ccccc1)C(=O)Nc1ccc(COC(=O)Oc2ccc([N+](=O)[O-])cc2)cc1)N[N+](=O)[O-]. The summed E-state index contributed by atoms with van der Waals surface area (Å²) in [7, 11) is 0. The van der Waals surface area contributed by atoms with Crippen molar-refractivity contribution in [3.8, 4) is 5.75 Å². The number of benzene rings is 4. The maximum Gasteiger partial charge on any atom is 0.514 e. The normalized spacial score (nSPS) is 11.9. The number of amides is 3. The van der Waals surface area contributed by atoms with Crippen LogP contribution in [0, 0.1) is 20.2 Å². The molecule has 6 N–H and O–H groups in total. The molecule has 4 aromatic rings. The number of guanidine groups is 1. The van der Waals surface area contributed by atoms with Gasteiger partial charge in [-0.15, -0.1) is 0 Å². The first-order chi connectivity index (χ1) is 26.9. The van der Waals surface area contributed by atoms with Crippen molar-refractivity contribution in [2.24, 2.45) is 10.7 Å². The van der Waals surface area contributed by atoms with E-state index >= 15 is 0 Å². The predicted molar refractivity (Wildman–Crippen MR) is 200 cm³/mol. The van der Waals surface area contributed by atoms with Gasteiger partial charge in [-0.25, -0.2) is 24.7 Å². The number of alkyl carbamates (subject to hydrolysis) is 1. The van der Waals surface area contributed by atoms with Crippen LogP contribution in [0.4, 0.5) is 21.0 Å². The van der Waals surface area contributed by atoms with Crippen molar-refractivity contribution in [3.63, 3.8) is 0 Å².